The van der Waals surface area contributed by atoms with Gasteiger partial charge in [0.1, 0.15) is 0 Å². The molecule has 0 amide bonds. The maximum absolute atomic E-state index is 11.1. The van der Waals surface area contributed by atoms with E-state index in [-0.39, 0.29) is 5.97 Å². The second-order valence-electron chi connectivity index (χ2n) is 3.72. The number of esters is 1. The van der Waals surface area contributed by atoms with Crippen LogP contribution in [0.4, 0.5) is 0 Å². The van der Waals surface area contributed by atoms with Crippen LogP contribution in [0.15, 0.2) is 12.3 Å². The zero-order valence-corrected chi connectivity index (χ0v) is 10.6. The third-order valence-electron chi connectivity index (χ3n) is 2.45. The quantitative estimate of drug-likeness (QED) is 0.549. The van der Waals surface area contributed by atoms with Crippen molar-refractivity contribution < 1.29 is 9.53 Å². The van der Waals surface area contributed by atoms with Crippen molar-refractivity contribution >= 4 is 5.97 Å². The van der Waals surface area contributed by atoms with Gasteiger partial charge in [0.05, 0.1) is 12.3 Å². The van der Waals surface area contributed by atoms with Crippen LogP contribution in [0.1, 0.15) is 32.4 Å². The number of hydrogen-bond acceptors (Lipinski definition) is 4. The highest BCUT2D eigenvalue weighted by atomic mass is 16.5. The smallest absolute Gasteiger partial charge is 0.305 e. The summed E-state index contributed by atoms with van der Waals surface area (Å²) in [4.78, 5) is 11.1. The molecule has 1 heterocycles. The first-order valence-electron chi connectivity index (χ1n) is 6.15. The summed E-state index contributed by atoms with van der Waals surface area (Å²) in [6.45, 7) is 6.83. The maximum atomic E-state index is 11.1. The molecule has 5 heteroatoms. The first-order chi connectivity index (χ1) is 8.27. The molecular weight excluding hydrogens is 218 g/mol. The number of carbonyl (C=O) groups excluding carboxylic acids is 1. The molecule has 0 bridgehead atoms. The second kappa shape index (κ2) is 7.84. The van der Waals surface area contributed by atoms with Crippen molar-refractivity contribution in [2.24, 2.45) is 0 Å². The van der Waals surface area contributed by atoms with Crippen molar-refractivity contribution in [3.05, 3.63) is 18.0 Å². The molecule has 5 nitrogen and oxygen atoms in total. The molecule has 0 aromatic carbocycles. The van der Waals surface area contributed by atoms with Crippen molar-refractivity contribution in [2.75, 3.05) is 13.2 Å². The van der Waals surface area contributed by atoms with Gasteiger partial charge < -0.3 is 10.1 Å². The Morgan fingerprint density at radius 1 is 1.53 bits per heavy atom. The summed E-state index contributed by atoms with van der Waals surface area (Å²) in [5.41, 5.74) is 1.17. The van der Waals surface area contributed by atoms with Crippen molar-refractivity contribution in [3.63, 3.8) is 0 Å². The Morgan fingerprint density at radius 3 is 3.06 bits per heavy atom. The van der Waals surface area contributed by atoms with Crippen molar-refractivity contribution in [1.82, 2.24) is 15.1 Å². The third-order valence-corrected chi connectivity index (χ3v) is 2.45. The number of nitrogens with zero attached hydrogens (tertiary/aromatic N) is 2. The lowest BCUT2D eigenvalue weighted by Gasteiger charge is -2.06. The molecule has 1 N–H and O–H groups in total. The predicted octanol–water partition coefficient (Wildman–Crippen LogP) is 1.34. The van der Waals surface area contributed by atoms with E-state index in [2.05, 4.69) is 17.3 Å². The van der Waals surface area contributed by atoms with E-state index in [9.17, 15) is 4.79 Å². The second-order valence-corrected chi connectivity index (χ2v) is 3.72. The van der Waals surface area contributed by atoms with Crippen LogP contribution in [0.3, 0.4) is 0 Å². The minimum absolute atomic E-state index is 0.118. The molecule has 0 aliphatic carbocycles. The van der Waals surface area contributed by atoms with Gasteiger partial charge in [-0.2, -0.15) is 5.10 Å². The SMILES string of the molecule is CCOC(=O)CCCNCc1ccnn1CC. The number of ether oxygens (including phenoxy) is 1. The van der Waals surface area contributed by atoms with Gasteiger partial charge in [0.25, 0.3) is 0 Å². The number of carbonyl (C=O) groups is 1. The van der Waals surface area contributed by atoms with E-state index in [1.54, 1.807) is 6.20 Å². The van der Waals surface area contributed by atoms with Gasteiger partial charge in [-0.05, 0) is 32.9 Å². The molecule has 96 valence electrons. The average Bonchev–Trinajstić information content (AvgIpc) is 2.76. The average molecular weight is 239 g/mol. The summed E-state index contributed by atoms with van der Waals surface area (Å²) in [5.74, 6) is -0.118. The Hall–Kier alpha value is -1.36. The molecule has 1 aromatic heterocycles. The van der Waals surface area contributed by atoms with Crippen LogP contribution in [0, 0.1) is 0 Å². The van der Waals surface area contributed by atoms with Crippen LogP contribution in [-0.2, 0) is 22.6 Å². The van der Waals surface area contributed by atoms with Gasteiger partial charge in [0, 0.05) is 25.7 Å². The van der Waals surface area contributed by atoms with Gasteiger partial charge >= 0.3 is 5.97 Å². The first kappa shape index (κ1) is 13.7. The largest absolute Gasteiger partial charge is 0.466 e. The number of hydrogen-bond donors (Lipinski definition) is 1. The predicted molar refractivity (Wildman–Crippen MR) is 65.5 cm³/mol. The maximum Gasteiger partial charge on any atom is 0.305 e. The van der Waals surface area contributed by atoms with Crippen LogP contribution in [0.25, 0.3) is 0 Å². The highest BCUT2D eigenvalue weighted by molar-refractivity contribution is 5.69. The van der Waals surface area contributed by atoms with Crippen LogP contribution in [-0.4, -0.2) is 28.9 Å². The van der Waals surface area contributed by atoms with E-state index in [1.807, 2.05) is 17.7 Å². The Labute approximate surface area is 102 Å². The molecule has 0 saturated carbocycles. The summed E-state index contributed by atoms with van der Waals surface area (Å²) in [7, 11) is 0. The van der Waals surface area contributed by atoms with Crippen molar-refractivity contribution in [1.29, 1.82) is 0 Å². The van der Waals surface area contributed by atoms with Crippen LogP contribution < -0.4 is 5.32 Å². The standard InChI is InChI=1S/C12H21N3O2/c1-3-15-11(7-9-14-15)10-13-8-5-6-12(16)17-4-2/h7,9,13H,3-6,8,10H2,1-2H3. The number of aromatic nitrogens is 2. The summed E-state index contributed by atoms with van der Waals surface area (Å²) in [6, 6.07) is 2.00. The van der Waals surface area contributed by atoms with Gasteiger partial charge in [-0.3, -0.25) is 9.48 Å². The molecule has 1 aromatic rings. The highest BCUT2D eigenvalue weighted by Crippen LogP contribution is 1.98. The molecule has 0 spiro atoms. The monoisotopic (exact) mass is 239 g/mol. The number of aryl methyl sites for hydroxylation is 1. The fraction of sp³-hybridized carbons (Fsp3) is 0.667. The van der Waals surface area contributed by atoms with Crippen LogP contribution >= 0.6 is 0 Å². The summed E-state index contributed by atoms with van der Waals surface area (Å²) >= 11 is 0. The van der Waals surface area contributed by atoms with Gasteiger partial charge in [-0.25, -0.2) is 0 Å². The lowest BCUT2D eigenvalue weighted by molar-refractivity contribution is -0.143. The molecule has 0 radical (unpaired) electrons. The topological polar surface area (TPSA) is 56.1 Å². The molecule has 0 unspecified atom stereocenters. The van der Waals surface area contributed by atoms with Crippen LogP contribution in [0.2, 0.25) is 0 Å². The van der Waals surface area contributed by atoms with E-state index in [0.29, 0.717) is 13.0 Å². The zero-order chi connectivity index (χ0) is 12.5. The van der Waals surface area contributed by atoms with E-state index in [0.717, 1.165) is 26.1 Å². The summed E-state index contributed by atoms with van der Waals surface area (Å²) < 4.78 is 6.81. The minimum Gasteiger partial charge on any atom is -0.466 e. The molecule has 0 atom stereocenters. The first-order valence-corrected chi connectivity index (χ1v) is 6.15. The molecule has 0 aliphatic heterocycles. The molecule has 0 aliphatic rings. The van der Waals surface area contributed by atoms with Gasteiger partial charge in [-0.15, -0.1) is 0 Å². The highest BCUT2D eigenvalue weighted by Gasteiger charge is 2.02. The van der Waals surface area contributed by atoms with Gasteiger partial charge in [0.15, 0.2) is 0 Å². The van der Waals surface area contributed by atoms with Gasteiger partial charge in [-0.1, -0.05) is 0 Å². The van der Waals surface area contributed by atoms with E-state index >= 15 is 0 Å². The summed E-state index contributed by atoms with van der Waals surface area (Å²) in [6.07, 6.45) is 3.09. The Balaban J connectivity index is 2.10. The fourth-order valence-corrected chi connectivity index (χ4v) is 1.60. The number of rotatable bonds is 8. The van der Waals surface area contributed by atoms with E-state index in [4.69, 9.17) is 4.74 Å². The summed E-state index contributed by atoms with van der Waals surface area (Å²) in [5, 5.41) is 7.48. The molecule has 1 rings (SSSR count). The van der Waals surface area contributed by atoms with Crippen molar-refractivity contribution in [2.45, 2.75) is 39.8 Å². The Bertz CT molecular complexity index is 336. The molecule has 0 fully saturated rings. The minimum atomic E-state index is -0.118. The van der Waals surface area contributed by atoms with Crippen molar-refractivity contribution in [3.8, 4) is 0 Å². The normalized spacial score (nSPS) is 10.5. The van der Waals surface area contributed by atoms with E-state index in [1.165, 1.54) is 5.69 Å². The molecule has 0 saturated heterocycles. The van der Waals surface area contributed by atoms with Gasteiger partial charge in [0.2, 0.25) is 0 Å². The van der Waals surface area contributed by atoms with Crippen LogP contribution in [0.5, 0.6) is 0 Å². The Kier molecular flexibility index (Phi) is 6.32. The fourth-order valence-electron chi connectivity index (χ4n) is 1.60. The molecular formula is C12H21N3O2. The number of nitrogens with one attached hydrogen (secondary N) is 1. The molecule has 17 heavy (non-hydrogen) atoms. The zero-order valence-electron chi connectivity index (χ0n) is 10.6. The Morgan fingerprint density at radius 2 is 2.35 bits per heavy atom. The lowest BCUT2D eigenvalue weighted by Crippen LogP contribution is -2.18. The third kappa shape index (κ3) is 4.99. The lowest BCUT2D eigenvalue weighted by atomic mass is 10.3. The van der Waals surface area contributed by atoms with E-state index < -0.39 is 0 Å².